The van der Waals surface area contributed by atoms with Gasteiger partial charge in [-0.1, -0.05) is 15.9 Å². The van der Waals surface area contributed by atoms with Gasteiger partial charge in [-0.15, -0.1) is 11.3 Å². The Hall–Kier alpha value is -0.170. The van der Waals surface area contributed by atoms with E-state index in [9.17, 15) is 4.79 Å². The number of benzene rings is 1. The molecule has 0 aliphatic rings. The zero-order chi connectivity index (χ0) is 14.7. The summed E-state index contributed by atoms with van der Waals surface area (Å²) in [5.74, 6) is 0.0383. The molecule has 0 fully saturated rings. The highest BCUT2D eigenvalue weighted by Gasteiger charge is 2.18. The van der Waals surface area contributed by atoms with E-state index < -0.39 is 0 Å². The Balaban J connectivity index is 2.20. The van der Waals surface area contributed by atoms with Gasteiger partial charge in [0.05, 0.1) is 15.9 Å². The fraction of sp³-hybridized carbons (Fsp3) is 0.214. The first kappa shape index (κ1) is 16.2. The summed E-state index contributed by atoms with van der Waals surface area (Å²) < 4.78 is 2.84. The Kier molecular flexibility index (Phi) is 5.84. The highest BCUT2D eigenvalue weighted by Crippen LogP contribution is 2.26. The summed E-state index contributed by atoms with van der Waals surface area (Å²) in [5, 5.41) is 0. The smallest absolute Gasteiger partial charge is 0.255 e. The molecule has 0 bridgehead atoms. The van der Waals surface area contributed by atoms with Gasteiger partial charge in [-0.25, -0.2) is 0 Å². The summed E-state index contributed by atoms with van der Waals surface area (Å²) in [6.45, 7) is 3.30. The van der Waals surface area contributed by atoms with Gasteiger partial charge in [-0.05, 0) is 69.1 Å². The predicted molar refractivity (Wildman–Crippen MR) is 94.3 cm³/mol. The maximum Gasteiger partial charge on any atom is 0.255 e. The number of carbonyl (C=O) groups excluding carboxylic acids is 1. The van der Waals surface area contributed by atoms with E-state index in [4.69, 9.17) is 0 Å². The Bertz CT molecular complexity index is 627. The van der Waals surface area contributed by atoms with Crippen LogP contribution in [-0.2, 0) is 6.54 Å². The number of thiophene rings is 1. The summed E-state index contributed by atoms with van der Waals surface area (Å²) in [6, 6.07) is 9.66. The van der Waals surface area contributed by atoms with Gasteiger partial charge in [-0.2, -0.15) is 0 Å². The van der Waals surface area contributed by atoms with E-state index in [1.54, 1.807) is 11.3 Å². The molecule has 0 N–H and O–H groups in total. The molecule has 0 unspecified atom stereocenters. The third-order valence-corrected chi connectivity index (χ3v) is 5.56. The first-order valence-corrected chi connectivity index (χ1v) is 9.19. The molecule has 2 nitrogen and oxygen atoms in total. The monoisotopic (exact) mass is 479 g/mol. The van der Waals surface area contributed by atoms with Gasteiger partial charge < -0.3 is 4.90 Å². The number of amides is 1. The second kappa shape index (κ2) is 7.20. The molecule has 0 aliphatic carbocycles. The summed E-state index contributed by atoms with van der Waals surface area (Å²) in [6.07, 6.45) is 0. The van der Waals surface area contributed by atoms with Crippen LogP contribution in [0.3, 0.4) is 0 Å². The largest absolute Gasteiger partial charge is 0.334 e. The maximum atomic E-state index is 12.6. The Morgan fingerprint density at radius 2 is 1.95 bits per heavy atom. The average Bonchev–Trinajstić information content (AvgIpc) is 2.81. The summed E-state index contributed by atoms with van der Waals surface area (Å²) in [7, 11) is 0. The molecular formula is C14H12Br3NOS. The van der Waals surface area contributed by atoms with Gasteiger partial charge in [-0.3, -0.25) is 4.79 Å². The second-order valence-corrected chi connectivity index (χ2v) is 8.47. The van der Waals surface area contributed by atoms with E-state index >= 15 is 0 Å². The molecule has 0 spiro atoms. The van der Waals surface area contributed by atoms with Crippen molar-refractivity contribution < 1.29 is 4.79 Å². The van der Waals surface area contributed by atoms with Crippen molar-refractivity contribution in [2.75, 3.05) is 6.54 Å². The van der Waals surface area contributed by atoms with Gasteiger partial charge in [0.1, 0.15) is 0 Å². The number of halogens is 3. The molecule has 20 heavy (non-hydrogen) atoms. The van der Waals surface area contributed by atoms with Crippen LogP contribution in [0.1, 0.15) is 22.2 Å². The van der Waals surface area contributed by atoms with E-state index in [0.29, 0.717) is 18.7 Å². The number of carbonyl (C=O) groups is 1. The van der Waals surface area contributed by atoms with E-state index in [1.807, 2.05) is 42.2 Å². The van der Waals surface area contributed by atoms with Crippen LogP contribution in [-0.4, -0.2) is 17.4 Å². The Morgan fingerprint density at radius 3 is 2.50 bits per heavy atom. The molecule has 0 saturated carbocycles. The van der Waals surface area contributed by atoms with E-state index in [1.165, 1.54) is 4.88 Å². The Labute approximate surface area is 147 Å². The van der Waals surface area contributed by atoms with Crippen LogP contribution >= 0.6 is 59.1 Å². The lowest BCUT2D eigenvalue weighted by Crippen LogP contribution is -2.30. The van der Waals surface area contributed by atoms with Crippen molar-refractivity contribution in [2.45, 2.75) is 13.5 Å². The lowest BCUT2D eigenvalue weighted by molar-refractivity contribution is 0.0753. The van der Waals surface area contributed by atoms with Crippen LogP contribution in [0, 0.1) is 0 Å². The summed E-state index contributed by atoms with van der Waals surface area (Å²) >= 11 is 12.0. The highest BCUT2D eigenvalue weighted by atomic mass is 79.9. The first-order valence-electron chi connectivity index (χ1n) is 5.99. The third-order valence-electron chi connectivity index (χ3n) is 2.81. The fourth-order valence-corrected chi connectivity index (χ4v) is 4.50. The molecule has 6 heteroatoms. The van der Waals surface area contributed by atoms with Crippen LogP contribution in [0.25, 0.3) is 0 Å². The topological polar surface area (TPSA) is 20.3 Å². The van der Waals surface area contributed by atoms with Gasteiger partial charge in [0.2, 0.25) is 0 Å². The van der Waals surface area contributed by atoms with E-state index in [0.717, 1.165) is 12.7 Å². The van der Waals surface area contributed by atoms with Crippen LogP contribution in [0.2, 0.25) is 0 Å². The average molecular weight is 482 g/mol. The lowest BCUT2D eigenvalue weighted by atomic mass is 10.2. The molecule has 1 amide bonds. The summed E-state index contributed by atoms with van der Waals surface area (Å²) in [5.41, 5.74) is 0.686. The number of hydrogen-bond acceptors (Lipinski definition) is 2. The molecule has 0 aliphatic heterocycles. The molecular weight excluding hydrogens is 470 g/mol. The van der Waals surface area contributed by atoms with Crippen molar-refractivity contribution in [3.8, 4) is 0 Å². The lowest BCUT2D eigenvalue weighted by Gasteiger charge is -2.21. The SMILES string of the molecule is CCN(Cc1ccc(Br)s1)C(=O)c1ccc(Br)cc1Br. The van der Waals surface area contributed by atoms with Crippen molar-refractivity contribution in [3.63, 3.8) is 0 Å². The molecule has 0 saturated heterocycles. The van der Waals surface area contributed by atoms with Crippen molar-refractivity contribution in [3.05, 3.63) is 53.5 Å². The number of nitrogens with zero attached hydrogens (tertiary/aromatic N) is 1. The number of rotatable bonds is 4. The van der Waals surface area contributed by atoms with Crippen molar-refractivity contribution >= 4 is 65.0 Å². The van der Waals surface area contributed by atoms with Gasteiger partial charge in [0, 0.05) is 20.4 Å². The third kappa shape index (κ3) is 3.93. The van der Waals surface area contributed by atoms with Crippen molar-refractivity contribution in [1.82, 2.24) is 4.90 Å². The molecule has 2 aromatic rings. The van der Waals surface area contributed by atoms with Crippen molar-refractivity contribution in [2.24, 2.45) is 0 Å². The molecule has 0 radical (unpaired) electrons. The van der Waals surface area contributed by atoms with Gasteiger partial charge in [0.25, 0.3) is 5.91 Å². The summed E-state index contributed by atoms with van der Waals surface area (Å²) in [4.78, 5) is 15.6. The van der Waals surface area contributed by atoms with Crippen LogP contribution in [0.5, 0.6) is 0 Å². The highest BCUT2D eigenvalue weighted by molar-refractivity contribution is 9.11. The standard InChI is InChI=1S/C14H12Br3NOS/c1-2-18(8-10-4-6-13(17)20-10)14(19)11-5-3-9(15)7-12(11)16/h3-7H,2,8H2,1H3. The fourth-order valence-electron chi connectivity index (χ4n) is 1.79. The van der Waals surface area contributed by atoms with Gasteiger partial charge >= 0.3 is 0 Å². The number of hydrogen-bond donors (Lipinski definition) is 0. The molecule has 1 aromatic heterocycles. The minimum absolute atomic E-state index is 0.0383. The minimum atomic E-state index is 0.0383. The zero-order valence-corrected chi connectivity index (χ0v) is 16.3. The maximum absolute atomic E-state index is 12.6. The van der Waals surface area contributed by atoms with E-state index in [2.05, 4.69) is 47.8 Å². The van der Waals surface area contributed by atoms with E-state index in [-0.39, 0.29) is 5.91 Å². The van der Waals surface area contributed by atoms with Crippen LogP contribution in [0.4, 0.5) is 0 Å². The second-order valence-electron chi connectivity index (χ2n) is 4.15. The molecule has 0 atom stereocenters. The van der Waals surface area contributed by atoms with Crippen LogP contribution in [0.15, 0.2) is 43.1 Å². The van der Waals surface area contributed by atoms with Gasteiger partial charge in [0.15, 0.2) is 0 Å². The molecule has 1 aromatic carbocycles. The molecule has 2 rings (SSSR count). The van der Waals surface area contributed by atoms with Crippen molar-refractivity contribution in [1.29, 1.82) is 0 Å². The predicted octanol–water partition coefficient (Wildman–Crippen LogP) is 5.70. The quantitative estimate of drug-likeness (QED) is 0.548. The first-order chi connectivity index (χ1) is 9.51. The zero-order valence-electron chi connectivity index (χ0n) is 10.7. The molecule has 106 valence electrons. The van der Waals surface area contributed by atoms with Crippen LogP contribution < -0.4 is 0 Å². The Morgan fingerprint density at radius 1 is 1.20 bits per heavy atom. The normalized spacial score (nSPS) is 10.6. The molecule has 1 heterocycles. The minimum Gasteiger partial charge on any atom is -0.334 e.